The summed E-state index contributed by atoms with van der Waals surface area (Å²) in [5.74, 6) is 0.706. The third-order valence-corrected chi connectivity index (χ3v) is 5.99. The lowest BCUT2D eigenvalue weighted by atomic mass is 9.94. The van der Waals surface area contributed by atoms with Gasteiger partial charge in [-0.15, -0.1) is 0 Å². The average molecular weight is 419 g/mol. The first-order valence-corrected chi connectivity index (χ1v) is 10.1. The third-order valence-electron chi connectivity index (χ3n) is 4.62. The molecule has 0 amide bonds. The summed E-state index contributed by atoms with van der Waals surface area (Å²) in [4.78, 5) is 13.0. The van der Waals surface area contributed by atoms with Gasteiger partial charge in [-0.25, -0.2) is 4.98 Å². The number of nitrogens with zero attached hydrogens (tertiary/aromatic N) is 3. The minimum atomic E-state index is -0.254. The number of ether oxygens (including phenoxy) is 1. The highest BCUT2D eigenvalue weighted by molar-refractivity contribution is 7.99. The first kappa shape index (κ1) is 19.4. The van der Waals surface area contributed by atoms with Gasteiger partial charge in [-0.3, -0.25) is 0 Å². The number of benzene rings is 2. The molecule has 4 N–H and O–H groups in total. The smallest absolute Gasteiger partial charge is 0.224 e. The molecular formula is C19H19ClN4O3S. The lowest BCUT2D eigenvalue weighted by Gasteiger charge is -2.20. The number of nitrogen functional groups attached to an aromatic ring is 1. The molecule has 146 valence electrons. The van der Waals surface area contributed by atoms with E-state index in [1.807, 2.05) is 24.3 Å². The predicted molar refractivity (Wildman–Crippen MR) is 109 cm³/mol. The molecule has 2 aromatic carbocycles. The van der Waals surface area contributed by atoms with Gasteiger partial charge in [0.15, 0.2) is 11.0 Å². The van der Waals surface area contributed by atoms with E-state index in [0.29, 0.717) is 40.5 Å². The second-order valence-corrected chi connectivity index (χ2v) is 7.96. The fourth-order valence-electron chi connectivity index (χ4n) is 3.25. The van der Waals surface area contributed by atoms with Crippen LogP contribution in [-0.4, -0.2) is 44.1 Å². The topological polar surface area (TPSA) is 114 Å². The predicted octanol–water partition coefficient (Wildman–Crippen LogP) is 2.65. The monoisotopic (exact) mass is 418 g/mol. The van der Waals surface area contributed by atoms with Crippen LogP contribution in [0.1, 0.15) is 11.1 Å². The Morgan fingerprint density at radius 3 is 2.71 bits per heavy atom. The quantitative estimate of drug-likeness (QED) is 0.523. The molecule has 0 saturated heterocycles. The zero-order valence-corrected chi connectivity index (χ0v) is 16.5. The van der Waals surface area contributed by atoms with Gasteiger partial charge in [-0.2, -0.15) is 9.97 Å². The van der Waals surface area contributed by atoms with Crippen LogP contribution in [0.25, 0.3) is 22.2 Å². The molecule has 4 rings (SSSR count). The lowest BCUT2D eigenvalue weighted by Crippen LogP contribution is -2.14. The van der Waals surface area contributed by atoms with Crippen LogP contribution in [0.3, 0.4) is 0 Å². The van der Waals surface area contributed by atoms with Gasteiger partial charge in [-0.05, 0) is 28.0 Å². The summed E-state index contributed by atoms with van der Waals surface area (Å²) in [5, 5.41) is 21.5. The molecule has 1 aliphatic heterocycles. The van der Waals surface area contributed by atoms with Crippen LogP contribution in [0.5, 0.6) is 0 Å². The van der Waals surface area contributed by atoms with Crippen molar-refractivity contribution in [3.05, 3.63) is 40.4 Å². The Hall–Kier alpha value is -1.97. The Bertz CT molecular complexity index is 1030. The molecule has 7 nitrogen and oxygen atoms in total. The van der Waals surface area contributed by atoms with Crippen molar-refractivity contribution >= 4 is 40.1 Å². The second-order valence-electron chi connectivity index (χ2n) is 6.57. The molecular weight excluding hydrogens is 400 g/mol. The first-order chi connectivity index (χ1) is 13.6. The van der Waals surface area contributed by atoms with Gasteiger partial charge in [-0.1, -0.05) is 41.6 Å². The third kappa shape index (κ3) is 3.66. The molecule has 2 heterocycles. The van der Waals surface area contributed by atoms with Crippen molar-refractivity contribution in [3.63, 3.8) is 0 Å². The van der Waals surface area contributed by atoms with Crippen molar-refractivity contribution in [2.24, 2.45) is 5.92 Å². The molecule has 0 aliphatic carbocycles. The molecule has 28 heavy (non-hydrogen) atoms. The summed E-state index contributed by atoms with van der Waals surface area (Å²) in [6.45, 7) is 0.840. The molecule has 9 heteroatoms. The molecule has 0 fully saturated rings. The van der Waals surface area contributed by atoms with Gasteiger partial charge in [0.2, 0.25) is 5.95 Å². The van der Waals surface area contributed by atoms with Crippen LogP contribution in [-0.2, 0) is 18.0 Å². The van der Waals surface area contributed by atoms with Crippen LogP contribution in [0.4, 0.5) is 5.95 Å². The van der Waals surface area contributed by atoms with E-state index in [1.54, 1.807) is 0 Å². The number of nitrogens with two attached hydrogens (primary N) is 1. The second kappa shape index (κ2) is 8.18. The molecule has 0 bridgehead atoms. The molecule has 0 unspecified atom stereocenters. The zero-order chi connectivity index (χ0) is 19.7. The van der Waals surface area contributed by atoms with Crippen molar-refractivity contribution in [2.45, 2.75) is 18.4 Å². The number of hydrogen-bond donors (Lipinski definition) is 3. The number of anilines is 1. The van der Waals surface area contributed by atoms with Gasteiger partial charge >= 0.3 is 0 Å². The van der Waals surface area contributed by atoms with E-state index in [4.69, 9.17) is 22.1 Å². The maximum Gasteiger partial charge on any atom is 0.224 e. The zero-order valence-electron chi connectivity index (χ0n) is 14.9. The molecule has 1 aliphatic rings. The summed E-state index contributed by atoms with van der Waals surface area (Å²) in [5.41, 5.74) is 8.77. The number of thioether (sulfide) groups is 1. The summed E-state index contributed by atoms with van der Waals surface area (Å²) in [6.07, 6.45) is 0. The minimum absolute atomic E-state index is 0.0944. The number of rotatable bonds is 6. The summed E-state index contributed by atoms with van der Waals surface area (Å²) in [7, 11) is 0. The Labute approximate surface area is 170 Å². The maximum absolute atomic E-state index is 9.25. The Balaban J connectivity index is 1.81. The summed E-state index contributed by atoms with van der Waals surface area (Å²) < 4.78 is 5.64. The van der Waals surface area contributed by atoms with Gasteiger partial charge in [0, 0.05) is 30.4 Å². The molecule has 0 spiro atoms. The van der Waals surface area contributed by atoms with Crippen molar-refractivity contribution in [1.29, 1.82) is 0 Å². The number of aromatic nitrogens is 3. The normalized spacial score (nSPS) is 13.4. The fourth-order valence-corrected chi connectivity index (χ4v) is 4.47. The highest BCUT2D eigenvalue weighted by Gasteiger charge is 2.21. The van der Waals surface area contributed by atoms with Gasteiger partial charge in [0.25, 0.3) is 0 Å². The van der Waals surface area contributed by atoms with Gasteiger partial charge in [0.1, 0.15) is 0 Å². The minimum Gasteiger partial charge on any atom is -0.396 e. The van der Waals surface area contributed by atoms with E-state index in [2.05, 4.69) is 15.0 Å². The highest BCUT2D eigenvalue weighted by Crippen LogP contribution is 2.39. The van der Waals surface area contributed by atoms with Crippen LogP contribution in [0, 0.1) is 5.92 Å². The van der Waals surface area contributed by atoms with E-state index in [1.165, 1.54) is 11.8 Å². The van der Waals surface area contributed by atoms with Crippen LogP contribution in [0.2, 0.25) is 5.02 Å². The van der Waals surface area contributed by atoms with Crippen molar-refractivity contribution in [1.82, 2.24) is 15.0 Å². The molecule has 3 aromatic rings. The van der Waals surface area contributed by atoms with E-state index < -0.39 is 0 Å². The van der Waals surface area contributed by atoms with E-state index >= 15 is 0 Å². The lowest BCUT2D eigenvalue weighted by molar-refractivity contribution is 0.103. The van der Waals surface area contributed by atoms with Crippen molar-refractivity contribution in [2.75, 3.05) is 24.7 Å². The van der Waals surface area contributed by atoms with Gasteiger partial charge < -0.3 is 20.7 Å². The number of aliphatic hydroxyl groups excluding tert-OH is 2. The van der Waals surface area contributed by atoms with Crippen LogP contribution in [0.15, 0.2) is 29.4 Å². The van der Waals surface area contributed by atoms with Gasteiger partial charge in [0.05, 0.1) is 18.2 Å². The average Bonchev–Trinajstić information content (AvgIpc) is 2.69. The maximum atomic E-state index is 9.25. The van der Waals surface area contributed by atoms with Crippen molar-refractivity contribution in [3.8, 4) is 11.4 Å². The number of hydrogen-bond acceptors (Lipinski definition) is 8. The summed E-state index contributed by atoms with van der Waals surface area (Å²) in [6, 6.07) is 7.89. The number of aliphatic hydroxyl groups is 2. The molecule has 0 saturated carbocycles. The standard InChI is InChI=1S/C19H19ClN4O3S/c20-14-4-12-8-27-7-11-2-1-3-13(15(11)12)16(14)17-22-18(21)24-19(23-17)28-9-10(5-25)6-26/h1-4,10,25-26H,5-9H2,(H2,21,22,23,24). The first-order valence-electron chi connectivity index (χ1n) is 8.78. The number of halogens is 1. The van der Waals surface area contributed by atoms with Crippen LogP contribution >= 0.6 is 23.4 Å². The van der Waals surface area contributed by atoms with E-state index in [0.717, 1.165) is 21.9 Å². The highest BCUT2D eigenvalue weighted by atomic mass is 35.5. The van der Waals surface area contributed by atoms with Crippen LogP contribution < -0.4 is 5.73 Å². The molecule has 0 atom stereocenters. The Kier molecular flexibility index (Phi) is 5.65. The summed E-state index contributed by atoms with van der Waals surface area (Å²) >= 11 is 7.91. The van der Waals surface area contributed by atoms with E-state index in [-0.39, 0.29) is 25.1 Å². The molecule has 1 aromatic heterocycles. The SMILES string of the molecule is Nc1nc(SCC(CO)CO)nc(-c2c(Cl)cc3c4c(cccc24)COC3)n1. The largest absolute Gasteiger partial charge is 0.396 e. The van der Waals surface area contributed by atoms with Crippen molar-refractivity contribution < 1.29 is 14.9 Å². The fraction of sp³-hybridized carbons (Fsp3) is 0.316. The molecule has 0 radical (unpaired) electrons. The van der Waals surface area contributed by atoms with E-state index in [9.17, 15) is 10.2 Å². The Morgan fingerprint density at radius 1 is 1.14 bits per heavy atom. The Morgan fingerprint density at radius 2 is 1.93 bits per heavy atom.